The van der Waals surface area contributed by atoms with Gasteiger partial charge in [0.25, 0.3) is 5.89 Å². The Hall–Kier alpha value is -2.45. The number of thioether (sulfide) groups is 1. The van der Waals surface area contributed by atoms with Crippen LogP contribution in [0.2, 0.25) is 0 Å². The van der Waals surface area contributed by atoms with Crippen molar-refractivity contribution in [1.29, 1.82) is 0 Å². The van der Waals surface area contributed by atoms with Crippen molar-refractivity contribution in [1.82, 2.24) is 20.3 Å². The van der Waals surface area contributed by atoms with Crippen molar-refractivity contribution in [2.75, 3.05) is 0 Å². The smallest absolute Gasteiger partial charge is 0.253 e. The number of rotatable bonds is 5. The molecule has 8 heteroatoms. The molecule has 4 rings (SSSR count). The molecule has 0 spiro atoms. The summed E-state index contributed by atoms with van der Waals surface area (Å²) in [6.07, 6.45) is 0. The Balaban J connectivity index is 1.59. The molecule has 0 fully saturated rings. The molecule has 0 amide bonds. The molecule has 1 aromatic carbocycles. The first-order valence-corrected chi connectivity index (χ1v) is 9.46. The Morgan fingerprint density at radius 3 is 2.72 bits per heavy atom. The minimum Gasteiger partial charge on any atom is -0.420 e. The molecule has 126 valence electrons. The van der Waals surface area contributed by atoms with Gasteiger partial charge in [0.05, 0.1) is 5.75 Å². The second-order valence-corrected chi connectivity index (χ2v) is 7.45. The Kier molecular flexibility index (Phi) is 4.37. The average molecular weight is 370 g/mol. The maximum absolute atomic E-state index is 5.83. The van der Waals surface area contributed by atoms with Crippen LogP contribution >= 0.6 is 23.1 Å². The van der Waals surface area contributed by atoms with Gasteiger partial charge in [-0.25, -0.2) is 4.98 Å². The molecule has 0 aliphatic rings. The molecule has 6 nitrogen and oxygen atoms in total. The lowest BCUT2D eigenvalue weighted by molar-refractivity contribution is 0.399. The largest absolute Gasteiger partial charge is 0.420 e. The Labute approximate surface area is 152 Å². The quantitative estimate of drug-likeness (QED) is 0.469. The zero-order valence-corrected chi connectivity index (χ0v) is 15.2. The summed E-state index contributed by atoms with van der Waals surface area (Å²) in [6.45, 7) is 3.82. The summed E-state index contributed by atoms with van der Waals surface area (Å²) in [5.41, 5.74) is 3.41. The van der Waals surface area contributed by atoms with Crippen molar-refractivity contribution in [2.45, 2.75) is 23.9 Å². The number of thiazole rings is 1. The molecular weight excluding hydrogens is 356 g/mol. The monoisotopic (exact) mass is 370 g/mol. The van der Waals surface area contributed by atoms with Crippen LogP contribution in [0.5, 0.6) is 0 Å². The summed E-state index contributed by atoms with van der Waals surface area (Å²) in [7, 11) is 0. The number of hydrogen-bond acceptors (Lipinski definition) is 8. The summed E-state index contributed by atoms with van der Waals surface area (Å²) < 4.78 is 12.2. The fourth-order valence-electron chi connectivity index (χ4n) is 2.35. The van der Waals surface area contributed by atoms with Crippen molar-refractivity contribution in [3.63, 3.8) is 0 Å². The van der Waals surface area contributed by atoms with Gasteiger partial charge in [0, 0.05) is 16.6 Å². The maximum Gasteiger partial charge on any atom is 0.253 e. The molecule has 3 heterocycles. The lowest BCUT2D eigenvalue weighted by Crippen LogP contribution is -1.84. The van der Waals surface area contributed by atoms with Gasteiger partial charge >= 0.3 is 0 Å². The normalized spacial score (nSPS) is 11.1. The van der Waals surface area contributed by atoms with Gasteiger partial charge in [-0.1, -0.05) is 47.3 Å². The van der Waals surface area contributed by atoms with E-state index in [0.717, 1.165) is 21.2 Å². The van der Waals surface area contributed by atoms with Crippen molar-refractivity contribution in [3.8, 4) is 22.7 Å². The summed E-state index contributed by atoms with van der Waals surface area (Å²) in [6, 6.07) is 9.81. The summed E-state index contributed by atoms with van der Waals surface area (Å²) in [5, 5.41) is 14.5. The van der Waals surface area contributed by atoms with Crippen molar-refractivity contribution < 1.29 is 8.94 Å². The first kappa shape index (κ1) is 16.0. The van der Waals surface area contributed by atoms with Gasteiger partial charge in [-0.3, -0.25) is 0 Å². The van der Waals surface area contributed by atoms with Crippen molar-refractivity contribution >= 4 is 23.1 Å². The molecule has 0 saturated carbocycles. The first-order valence-electron chi connectivity index (χ1n) is 7.60. The minimum absolute atomic E-state index is 0.420. The fraction of sp³-hybridized carbons (Fsp3) is 0.176. The fourth-order valence-corrected chi connectivity index (χ4v) is 4.04. The van der Waals surface area contributed by atoms with E-state index in [-0.39, 0.29) is 0 Å². The third-order valence-electron chi connectivity index (χ3n) is 3.51. The molecule has 0 unspecified atom stereocenters. The van der Waals surface area contributed by atoms with E-state index in [2.05, 4.69) is 20.3 Å². The van der Waals surface area contributed by atoms with Crippen LogP contribution in [0.1, 0.15) is 17.3 Å². The third kappa shape index (κ3) is 3.35. The van der Waals surface area contributed by atoms with Crippen LogP contribution in [-0.2, 0) is 5.75 Å². The van der Waals surface area contributed by atoms with E-state index in [9.17, 15) is 0 Å². The first-order chi connectivity index (χ1) is 12.2. The predicted molar refractivity (Wildman–Crippen MR) is 96.4 cm³/mol. The minimum atomic E-state index is 0.420. The Morgan fingerprint density at radius 1 is 1.12 bits per heavy atom. The average Bonchev–Trinajstić information content (AvgIpc) is 3.33. The highest BCUT2D eigenvalue weighted by molar-refractivity contribution is 8.00. The molecule has 4 aromatic rings. The molecule has 0 bridgehead atoms. The van der Waals surface area contributed by atoms with Gasteiger partial charge < -0.3 is 8.94 Å². The van der Waals surface area contributed by atoms with Gasteiger partial charge in [-0.05, 0) is 13.8 Å². The van der Waals surface area contributed by atoms with Gasteiger partial charge in [0.1, 0.15) is 17.0 Å². The van der Waals surface area contributed by atoms with Crippen molar-refractivity contribution in [2.24, 2.45) is 0 Å². The van der Waals surface area contributed by atoms with E-state index in [4.69, 9.17) is 8.94 Å². The van der Waals surface area contributed by atoms with Crippen LogP contribution in [0.3, 0.4) is 0 Å². The second-order valence-electron chi connectivity index (χ2n) is 5.37. The third-order valence-corrected chi connectivity index (χ3v) is 5.63. The lowest BCUT2D eigenvalue weighted by Gasteiger charge is -1.98. The highest BCUT2D eigenvalue weighted by atomic mass is 32.2. The predicted octanol–water partition coefficient (Wildman–Crippen LogP) is 4.76. The summed E-state index contributed by atoms with van der Waals surface area (Å²) in [4.78, 5) is 4.42. The van der Waals surface area contributed by atoms with Gasteiger partial charge in [0.15, 0.2) is 4.34 Å². The van der Waals surface area contributed by atoms with E-state index in [1.54, 1.807) is 23.1 Å². The van der Waals surface area contributed by atoms with Gasteiger partial charge in [0.2, 0.25) is 5.89 Å². The summed E-state index contributed by atoms with van der Waals surface area (Å²) in [5.74, 6) is 2.19. The van der Waals surface area contributed by atoms with Crippen LogP contribution in [-0.4, -0.2) is 20.3 Å². The molecule has 0 aliphatic heterocycles. The van der Waals surface area contributed by atoms with E-state index >= 15 is 0 Å². The molecule has 0 radical (unpaired) electrons. The standard InChI is InChI=1S/C17H14N4O2S2/c1-10-8-24-17(18-10)25-9-13-19-20-16(22-13)14-11(2)23-21-15(14)12-6-4-3-5-7-12/h3-8H,9H2,1-2H3. The number of aryl methyl sites for hydroxylation is 2. The highest BCUT2D eigenvalue weighted by Crippen LogP contribution is 2.34. The lowest BCUT2D eigenvalue weighted by atomic mass is 10.1. The number of hydrogen-bond donors (Lipinski definition) is 0. The maximum atomic E-state index is 5.83. The Morgan fingerprint density at radius 2 is 1.96 bits per heavy atom. The zero-order chi connectivity index (χ0) is 17.2. The molecular formula is C17H14N4O2S2. The molecule has 0 N–H and O–H groups in total. The summed E-state index contributed by atoms with van der Waals surface area (Å²) >= 11 is 3.19. The Bertz CT molecular complexity index is 991. The van der Waals surface area contributed by atoms with E-state index < -0.39 is 0 Å². The van der Waals surface area contributed by atoms with Crippen LogP contribution < -0.4 is 0 Å². The molecule has 0 aliphatic carbocycles. The topological polar surface area (TPSA) is 77.8 Å². The van der Waals surface area contributed by atoms with Crippen molar-refractivity contribution in [3.05, 3.63) is 53.1 Å². The number of benzene rings is 1. The van der Waals surface area contributed by atoms with Gasteiger partial charge in [-0.15, -0.1) is 21.5 Å². The van der Waals surface area contributed by atoms with Crippen LogP contribution in [0.4, 0.5) is 0 Å². The number of nitrogens with zero attached hydrogens (tertiary/aromatic N) is 4. The molecule has 3 aromatic heterocycles. The zero-order valence-electron chi connectivity index (χ0n) is 13.6. The SMILES string of the molecule is Cc1csc(SCc2nnc(-c3c(-c4ccccc4)noc3C)o2)n1. The second kappa shape index (κ2) is 6.81. The highest BCUT2D eigenvalue weighted by Gasteiger charge is 2.22. The van der Waals surface area contributed by atoms with Crippen LogP contribution in [0.25, 0.3) is 22.7 Å². The van der Waals surface area contributed by atoms with E-state index in [0.29, 0.717) is 29.0 Å². The van der Waals surface area contributed by atoms with Gasteiger partial charge in [-0.2, -0.15) is 0 Å². The van der Waals surface area contributed by atoms with Crippen LogP contribution in [0, 0.1) is 13.8 Å². The molecule has 25 heavy (non-hydrogen) atoms. The van der Waals surface area contributed by atoms with E-state index in [1.165, 1.54) is 0 Å². The van der Waals surface area contributed by atoms with E-state index in [1.807, 2.05) is 49.6 Å². The van der Waals surface area contributed by atoms with Crippen LogP contribution in [0.15, 0.2) is 49.0 Å². The number of aromatic nitrogens is 4. The molecule has 0 saturated heterocycles. The molecule has 0 atom stereocenters.